The van der Waals surface area contributed by atoms with Gasteiger partial charge in [0.05, 0.1) is 19.8 Å². The Morgan fingerprint density at radius 2 is 1.76 bits per heavy atom. The number of benzene rings is 3. The van der Waals surface area contributed by atoms with E-state index in [4.69, 9.17) is 9.47 Å². The Labute approximate surface area is 220 Å². The number of ether oxygens (including phenoxy) is 2. The van der Waals surface area contributed by atoms with Gasteiger partial charge in [-0.15, -0.1) is 10.2 Å². The topological polar surface area (TPSA) is 78.3 Å². The van der Waals surface area contributed by atoms with E-state index in [2.05, 4.69) is 27.0 Å². The molecular weight excluding hydrogens is 491 g/mol. The summed E-state index contributed by atoms with van der Waals surface area (Å²) in [5.41, 5.74) is 3.37. The highest BCUT2D eigenvalue weighted by atomic mass is 32.2. The first-order valence-electron chi connectivity index (χ1n) is 11.8. The molecule has 0 aliphatic heterocycles. The molecule has 9 heteroatoms. The predicted octanol–water partition coefficient (Wildman–Crippen LogP) is 5.52. The van der Waals surface area contributed by atoms with Gasteiger partial charge in [-0.25, -0.2) is 4.39 Å². The molecule has 4 aromatic rings. The van der Waals surface area contributed by atoms with Crippen molar-refractivity contribution in [3.05, 3.63) is 95.3 Å². The zero-order valence-corrected chi connectivity index (χ0v) is 21.8. The Bertz CT molecular complexity index is 1330. The summed E-state index contributed by atoms with van der Waals surface area (Å²) < 4.78 is 25.9. The summed E-state index contributed by atoms with van der Waals surface area (Å²) in [5.74, 6) is 1.68. The van der Waals surface area contributed by atoms with Crippen LogP contribution in [0, 0.1) is 5.82 Å². The van der Waals surface area contributed by atoms with Gasteiger partial charge in [-0.1, -0.05) is 48.2 Å². The number of rotatable bonds is 11. The van der Waals surface area contributed by atoms with Gasteiger partial charge in [-0.05, 0) is 54.4 Å². The molecule has 1 aromatic heterocycles. The van der Waals surface area contributed by atoms with Crippen LogP contribution < -0.4 is 10.1 Å². The molecule has 0 saturated heterocycles. The van der Waals surface area contributed by atoms with Crippen molar-refractivity contribution in [2.45, 2.75) is 30.4 Å². The van der Waals surface area contributed by atoms with Crippen LogP contribution in [0.2, 0.25) is 0 Å². The minimum absolute atomic E-state index is 0.0240. The van der Waals surface area contributed by atoms with Gasteiger partial charge in [0.15, 0.2) is 11.0 Å². The summed E-state index contributed by atoms with van der Waals surface area (Å²) in [6, 6.07) is 21.3. The normalized spacial score (nSPS) is 11.8. The van der Waals surface area contributed by atoms with E-state index in [1.54, 1.807) is 50.2 Å². The third-order valence-corrected chi connectivity index (χ3v) is 6.81. The van der Waals surface area contributed by atoms with Crippen LogP contribution in [0.25, 0.3) is 11.4 Å². The van der Waals surface area contributed by atoms with Crippen LogP contribution in [0.3, 0.4) is 0 Å². The number of aromatic nitrogens is 3. The minimum atomic E-state index is -0.300. The van der Waals surface area contributed by atoms with Crippen molar-refractivity contribution in [1.82, 2.24) is 20.1 Å². The maximum Gasteiger partial charge on any atom is 0.251 e. The molecule has 3 aromatic carbocycles. The molecule has 1 amide bonds. The number of carbonyl (C=O) groups is 1. The number of carbonyl (C=O) groups excluding carboxylic acids is 1. The number of nitrogens with zero attached hydrogens (tertiary/aromatic N) is 3. The standard InChI is InChI=1S/C28H29FN4O3S/c1-19(17-35-2)33-26(23-5-4-6-25(15-23)36-3)31-32-28(33)37-18-21-7-11-22(12-8-21)27(34)30-16-20-9-13-24(29)14-10-20/h4-15,19H,16-18H2,1-3H3,(H,30,34)/t19-/m0/s1. The van der Waals surface area contributed by atoms with E-state index in [0.29, 0.717) is 24.5 Å². The Hall–Kier alpha value is -3.69. The molecule has 0 aliphatic rings. The molecule has 1 N–H and O–H groups in total. The molecule has 0 fully saturated rings. The first-order chi connectivity index (χ1) is 18.0. The second-order valence-corrected chi connectivity index (χ2v) is 9.45. The van der Waals surface area contributed by atoms with Crippen molar-refractivity contribution < 1.29 is 18.7 Å². The molecule has 0 unspecified atom stereocenters. The summed E-state index contributed by atoms with van der Waals surface area (Å²) >= 11 is 1.57. The van der Waals surface area contributed by atoms with E-state index in [9.17, 15) is 9.18 Å². The van der Waals surface area contributed by atoms with Gasteiger partial charge in [0.2, 0.25) is 0 Å². The molecule has 0 aliphatic carbocycles. The van der Waals surface area contributed by atoms with Gasteiger partial charge in [-0.3, -0.25) is 9.36 Å². The fourth-order valence-electron chi connectivity index (χ4n) is 3.83. The number of nitrogens with one attached hydrogen (secondary N) is 1. The molecule has 1 heterocycles. The Balaban J connectivity index is 1.43. The monoisotopic (exact) mass is 520 g/mol. The van der Waals surface area contributed by atoms with E-state index < -0.39 is 0 Å². The van der Waals surface area contributed by atoms with E-state index in [0.717, 1.165) is 33.4 Å². The fourth-order valence-corrected chi connectivity index (χ4v) is 4.83. The lowest BCUT2D eigenvalue weighted by Gasteiger charge is -2.17. The maximum absolute atomic E-state index is 13.1. The molecule has 4 rings (SSSR count). The van der Waals surface area contributed by atoms with Crippen LogP contribution in [-0.4, -0.2) is 41.5 Å². The third kappa shape index (κ3) is 6.75. The SMILES string of the molecule is COC[C@H](C)n1c(SCc2ccc(C(=O)NCc3ccc(F)cc3)cc2)nnc1-c1cccc(OC)c1. The van der Waals surface area contributed by atoms with Crippen molar-refractivity contribution in [3.8, 4) is 17.1 Å². The van der Waals surface area contributed by atoms with E-state index >= 15 is 0 Å². The molecule has 0 spiro atoms. The highest BCUT2D eigenvalue weighted by Gasteiger charge is 2.20. The second-order valence-electron chi connectivity index (χ2n) is 8.51. The number of hydrogen-bond donors (Lipinski definition) is 1. The van der Waals surface area contributed by atoms with Crippen LogP contribution in [0.4, 0.5) is 4.39 Å². The third-order valence-electron chi connectivity index (χ3n) is 5.79. The molecule has 1 atom stereocenters. The van der Waals surface area contributed by atoms with Crippen LogP contribution in [0.5, 0.6) is 5.75 Å². The zero-order chi connectivity index (χ0) is 26.2. The summed E-state index contributed by atoms with van der Waals surface area (Å²) in [4.78, 5) is 12.5. The first-order valence-corrected chi connectivity index (χ1v) is 12.8. The lowest BCUT2D eigenvalue weighted by atomic mass is 10.1. The maximum atomic E-state index is 13.1. The van der Waals surface area contributed by atoms with Crippen molar-refractivity contribution in [2.75, 3.05) is 20.8 Å². The Morgan fingerprint density at radius 1 is 1.03 bits per heavy atom. The average molecular weight is 521 g/mol. The van der Waals surface area contributed by atoms with Gasteiger partial charge >= 0.3 is 0 Å². The largest absolute Gasteiger partial charge is 0.497 e. The number of amides is 1. The smallest absolute Gasteiger partial charge is 0.251 e. The van der Waals surface area contributed by atoms with Crippen LogP contribution >= 0.6 is 11.8 Å². The highest BCUT2D eigenvalue weighted by Crippen LogP contribution is 2.31. The summed E-state index contributed by atoms with van der Waals surface area (Å²) in [6.45, 7) is 2.92. The van der Waals surface area contributed by atoms with Crippen molar-refractivity contribution >= 4 is 17.7 Å². The second kappa shape index (κ2) is 12.5. The summed E-state index contributed by atoms with van der Waals surface area (Å²) in [5, 5.41) is 12.6. The molecule has 0 radical (unpaired) electrons. The number of hydrogen-bond acceptors (Lipinski definition) is 6. The molecule has 7 nitrogen and oxygen atoms in total. The minimum Gasteiger partial charge on any atom is -0.497 e. The van der Waals surface area contributed by atoms with Crippen LogP contribution in [-0.2, 0) is 17.0 Å². The van der Waals surface area contributed by atoms with E-state index in [1.165, 1.54) is 12.1 Å². The van der Waals surface area contributed by atoms with Gasteiger partial charge in [0, 0.05) is 30.5 Å². The van der Waals surface area contributed by atoms with Gasteiger partial charge < -0.3 is 14.8 Å². The van der Waals surface area contributed by atoms with E-state index in [-0.39, 0.29) is 17.8 Å². The van der Waals surface area contributed by atoms with Crippen molar-refractivity contribution in [2.24, 2.45) is 0 Å². The van der Waals surface area contributed by atoms with Crippen LogP contribution in [0.15, 0.2) is 78.0 Å². The molecule has 37 heavy (non-hydrogen) atoms. The van der Waals surface area contributed by atoms with Gasteiger partial charge in [-0.2, -0.15) is 0 Å². The number of methoxy groups -OCH3 is 2. The lowest BCUT2D eigenvalue weighted by Crippen LogP contribution is -2.22. The average Bonchev–Trinajstić information content (AvgIpc) is 3.36. The Kier molecular flexibility index (Phi) is 8.92. The van der Waals surface area contributed by atoms with Crippen molar-refractivity contribution in [3.63, 3.8) is 0 Å². The highest BCUT2D eigenvalue weighted by molar-refractivity contribution is 7.98. The number of thioether (sulfide) groups is 1. The zero-order valence-electron chi connectivity index (χ0n) is 21.0. The lowest BCUT2D eigenvalue weighted by molar-refractivity contribution is 0.0951. The Morgan fingerprint density at radius 3 is 2.46 bits per heavy atom. The molecule has 0 saturated carbocycles. The molecule has 192 valence electrons. The fraction of sp³-hybridized carbons (Fsp3) is 0.250. The molecular formula is C28H29FN4O3S. The molecule has 0 bridgehead atoms. The predicted molar refractivity (Wildman–Crippen MR) is 142 cm³/mol. The quantitative estimate of drug-likeness (QED) is 0.262. The van der Waals surface area contributed by atoms with Crippen molar-refractivity contribution in [1.29, 1.82) is 0 Å². The summed E-state index contributed by atoms with van der Waals surface area (Å²) in [6.07, 6.45) is 0. The van der Waals surface area contributed by atoms with E-state index in [1.807, 2.05) is 36.4 Å². The first kappa shape index (κ1) is 26.4. The van der Waals surface area contributed by atoms with Gasteiger partial charge in [0.25, 0.3) is 5.91 Å². The van der Waals surface area contributed by atoms with Crippen LogP contribution in [0.1, 0.15) is 34.5 Å². The summed E-state index contributed by atoms with van der Waals surface area (Å²) in [7, 11) is 3.31. The van der Waals surface area contributed by atoms with Gasteiger partial charge in [0.1, 0.15) is 11.6 Å². The number of halogens is 1.